The highest BCUT2D eigenvalue weighted by atomic mass is 16.4. The van der Waals surface area contributed by atoms with Crippen LogP contribution in [-0.4, -0.2) is 77.1 Å². The fourth-order valence-corrected chi connectivity index (χ4v) is 0.618. The Morgan fingerprint density at radius 3 is 1.80 bits per heavy atom. The topological polar surface area (TPSA) is 127 Å². The lowest BCUT2D eigenvalue weighted by Crippen LogP contribution is -2.46. The number of hydrogen-bond acceptors (Lipinski definition) is 7. The Kier molecular flexibility index (Phi) is 11.2. The molecular formula is C8H18O7. The number of hydrogen-bond donors (Lipinski definition) is 5. The molecule has 7 heteroatoms. The third-order valence-electron chi connectivity index (χ3n) is 1.42. The van der Waals surface area contributed by atoms with Crippen molar-refractivity contribution in [3.05, 3.63) is 0 Å². The van der Waals surface area contributed by atoms with Gasteiger partial charge in [0.15, 0.2) is 6.29 Å². The molecule has 0 rings (SSSR count). The Hall–Kier alpha value is -0.570. The standard InChI is InChI=1S/C6H12O6.C2H6O/c7-1-3(9)5(11)6(12)4(10)2-8;1-3-2/h1,3-6,8-12H,2H2;1-2H3/t3-,4+,5+,6+;/m0./s1. The van der Waals surface area contributed by atoms with Gasteiger partial charge in [-0.3, -0.25) is 0 Å². The van der Waals surface area contributed by atoms with E-state index < -0.39 is 31.0 Å². The molecule has 0 aromatic rings. The van der Waals surface area contributed by atoms with Gasteiger partial charge in [-0.2, -0.15) is 0 Å². The summed E-state index contributed by atoms with van der Waals surface area (Å²) in [5.41, 5.74) is 0. The van der Waals surface area contributed by atoms with E-state index in [-0.39, 0.29) is 6.29 Å². The summed E-state index contributed by atoms with van der Waals surface area (Å²) in [6, 6.07) is 0. The van der Waals surface area contributed by atoms with Crippen molar-refractivity contribution in [3.63, 3.8) is 0 Å². The molecule has 0 aromatic carbocycles. The molecule has 0 radical (unpaired) electrons. The quantitative estimate of drug-likeness (QED) is 0.314. The smallest absolute Gasteiger partial charge is 0.151 e. The van der Waals surface area contributed by atoms with Gasteiger partial charge in [0.1, 0.15) is 24.4 Å². The Morgan fingerprint density at radius 2 is 1.53 bits per heavy atom. The minimum absolute atomic E-state index is 0.0258. The molecule has 4 atom stereocenters. The number of rotatable bonds is 5. The van der Waals surface area contributed by atoms with Gasteiger partial charge in [-0.05, 0) is 0 Å². The van der Waals surface area contributed by atoms with E-state index in [0.29, 0.717) is 0 Å². The van der Waals surface area contributed by atoms with E-state index in [1.54, 1.807) is 14.2 Å². The van der Waals surface area contributed by atoms with Crippen LogP contribution in [0.2, 0.25) is 0 Å². The zero-order chi connectivity index (χ0) is 12.4. The Balaban J connectivity index is 0. The SMILES string of the molecule is COC.O=C[C@H](O)[C@@H](O)[C@H](O)[C@H](O)CO. The second-order valence-corrected chi connectivity index (χ2v) is 2.77. The van der Waals surface area contributed by atoms with E-state index in [4.69, 9.17) is 25.5 Å². The predicted octanol–water partition coefficient (Wildman–Crippen LogP) is -3.12. The van der Waals surface area contributed by atoms with Gasteiger partial charge in [0.2, 0.25) is 0 Å². The normalized spacial score (nSPS) is 18.1. The molecule has 0 unspecified atom stereocenters. The minimum atomic E-state index is -1.79. The molecule has 5 N–H and O–H groups in total. The van der Waals surface area contributed by atoms with E-state index >= 15 is 0 Å². The number of carbonyl (C=O) groups is 1. The average molecular weight is 226 g/mol. The molecule has 0 saturated heterocycles. The summed E-state index contributed by atoms with van der Waals surface area (Å²) in [6.45, 7) is -0.760. The molecule has 0 aliphatic heterocycles. The molecule has 15 heavy (non-hydrogen) atoms. The lowest BCUT2D eigenvalue weighted by molar-refractivity contribution is -0.136. The van der Waals surface area contributed by atoms with Crippen LogP contribution in [0.15, 0.2) is 0 Å². The van der Waals surface area contributed by atoms with Gasteiger partial charge >= 0.3 is 0 Å². The van der Waals surface area contributed by atoms with E-state index in [9.17, 15) is 4.79 Å². The fourth-order valence-electron chi connectivity index (χ4n) is 0.618. The molecule has 92 valence electrons. The van der Waals surface area contributed by atoms with Gasteiger partial charge in [-0.1, -0.05) is 0 Å². The third kappa shape index (κ3) is 7.37. The van der Waals surface area contributed by atoms with E-state index in [0.717, 1.165) is 0 Å². The van der Waals surface area contributed by atoms with Crippen molar-refractivity contribution in [2.45, 2.75) is 24.4 Å². The molecular weight excluding hydrogens is 208 g/mol. The molecule has 0 saturated carbocycles. The van der Waals surface area contributed by atoms with Crippen LogP contribution in [0.3, 0.4) is 0 Å². The zero-order valence-corrected chi connectivity index (χ0v) is 8.65. The van der Waals surface area contributed by atoms with Gasteiger partial charge in [-0.25, -0.2) is 0 Å². The fraction of sp³-hybridized carbons (Fsp3) is 0.875. The van der Waals surface area contributed by atoms with Crippen molar-refractivity contribution >= 4 is 6.29 Å². The highest BCUT2D eigenvalue weighted by Gasteiger charge is 2.29. The molecule has 0 bridgehead atoms. The van der Waals surface area contributed by atoms with Crippen molar-refractivity contribution in [2.75, 3.05) is 20.8 Å². The monoisotopic (exact) mass is 226 g/mol. The summed E-state index contributed by atoms with van der Waals surface area (Å²) >= 11 is 0. The third-order valence-corrected chi connectivity index (χ3v) is 1.42. The number of carbonyl (C=O) groups excluding carboxylic acids is 1. The van der Waals surface area contributed by atoms with E-state index in [1.807, 2.05) is 0 Å². The average Bonchev–Trinajstić information content (AvgIpc) is 2.25. The van der Waals surface area contributed by atoms with Crippen molar-refractivity contribution in [1.29, 1.82) is 0 Å². The Morgan fingerprint density at radius 1 is 1.13 bits per heavy atom. The molecule has 0 fully saturated rings. The van der Waals surface area contributed by atoms with Gasteiger partial charge in [-0.15, -0.1) is 0 Å². The summed E-state index contributed by atoms with van der Waals surface area (Å²) in [5.74, 6) is 0. The number of methoxy groups -OCH3 is 1. The van der Waals surface area contributed by atoms with Crippen molar-refractivity contribution < 1.29 is 35.1 Å². The predicted molar refractivity (Wildman–Crippen MR) is 50.1 cm³/mol. The summed E-state index contributed by atoms with van der Waals surface area (Å²) in [6.07, 6.45) is -6.84. The van der Waals surface area contributed by atoms with Crippen LogP contribution in [-0.2, 0) is 9.53 Å². The van der Waals surface area contributed by atoms with E-state index in [1.165, 1.54) is 0 Å². The molecule has 0 heterocycles. The molecule has 0 amide bonds. The first-order chi connectivity index (χ1) is 6.95. The Bertz CT molecular complexity index is 152. The minimum Gasteiger partial charge on any atom is -0.394 e. The molecule has 0 aromatic heterocycles. The molecule has 0 aliphatic rings. The van der Waals surface area contributed by atoms with Gasteiger partial charge in [0.05, 0.1) is 6.61 Å². The van der Waals surface area contributed by atoms with Crippen LogP contribution in [0, 0.1) is 0 Å². The van der Waals surface area contributed by atoms with Gasteiger partial charge < -0.3 is 35.1 Å². The second-order valence-electron chi connectivity index (χ2n) is 2.77. The lowest BCUT2D eigenvalue weighted by Gasteiger charge is -2.22. The number of aliphatic hydroxyl groups is 5. The largest absolute Gasteiger partial charge is 0.394 e. The maximum absolute atomic E-state index is 9.90. The van der Waals surface area contributed by atoms with Crippen LogP contribution in [0.5, 0.6) is 0 Å². The summed E-state index contributed by atoms with van der Waals surface area (Å²) < 4.78 is 4.25. The molecule has 0 aliphatic carbocycles. The van der Waals surface area contributed by atoms with E-state index in [2.05, 4.69) is 4.74 Å². The highest BCUT2D eigenvalue weighted by molar-refractivity contribution is 5.56. The molecule has 0 spiro atoms. The van der Waals surface area contributed by atoms with Crippen LogP contribution in [0.25, 0.3) is 0 Å². The second kappa shape index (κ2) is 9.97. The first-order valence-electron chi connectivity index (χ1n) is 4.14. The van der Waals surface area contributed by atoms with Crippen LogP contribution < -0.4 is 0 Å². The van der Waals surface area contributed by atoms with Crippen LogP contribution in [0.1, 0.15) is 0 Å². The first kappa shape index (κ1) is 16.8. The Labute approximate surface area is 87.5 Å². The summed E-state index contributed by atoms with van der Waals surface area (Å²) in [5, 5.41) is 43.5. The van der Waals surface area contributed by atoms with Crippen LogP contribution >= 0.6 is 0 Å². The summed E-state index contributed by atoms with van der Waals surface area (Å²) in [4.78, 5) is 9.90. The van der Waals surface area contributed by atoms with Crippen molar-refractivity contribution in [2.24, 2.45) is 0 Å². The van der Waals surface area contributed by atoms with Crippen LogP contribution in [0.4, 0.5) is 0 Å². The maximum Gasteiger partial charge on any atom is 0.151 e. The number of ether oxygens (including phenoxy) is 1. The number of aldehydes is 1. The maximum atomic E-state index is 9.90. The molecule has 7 nitrogen and oxygen atoms in total. The zero-order valence-electron chi connectivity index (χ0n) is 8.65. The van der Waals surface area contributed by atoms with Gasteiger partial charge in [0.25, 0.3) is 0 Å². The first-order valence-corrected chi connectivity index (χ1v) is 4.14. The highest BCUT2D eigenvalue weighted by Crippen LogP contribution is 2.02. The van der Waals surface area contributed by atoms with Crippen molar-refractivity contribution in [1.82, 2.24) is 0 Å². The summed E-state index contributed by atoms with van der Waals surface area (Å²) in [7, 11) is 3.25. The lowest BCUT2D eigenvalue weighted by atomic mass is 10.0. The van der Waals surface area contributed by atoms with Crippen molar-refractivity contribution in [3.8, 4) is 0 Å². The van der Waals surface area contributed by atoms with Gasteiger partial charge in [0, 0.05) is 14.2 Å². The number of aliphatic hydroxyl groups excluding tert-OH is 5.